The van der Waals surface area contributed by atoms with Crippen LogP contribution in [0.5, 0.6) is 0 Å². The molecule has 1 saturated heterocycles. The average molecular weight is 311 g/mol. The van der Waals surface area contributed by atoms with Crippen LogP contribution in [0.15, 0.2) is 54.6 Å². The minimum atomic E-state index is -0.849. The molecule has 1 atom stereocenters. The minimum Gasteiger partial charge on any atom is -0.364 e. The van der Waals surface area contributed by atoms with Crippen molar-refractivity contribution in [3.8, 4) is 0 Å². The van der Waals surface area contributed by atoms with Gasteiger partial charge in [0.05, 0.1) is 12.6 Å². The van der Waals surface area contributed by atoms with Crippen LogP contribution < -0.4 is 10.6 Å². The SMILES string of the molecule is NC(=O)N(O)Cc1ccc(N2CCCC2c2ccccc2)cc1. The van der Waals surface area contributed by atoms with E-state index in [1.807, 2.05) is 30.3 Å². The van der Waals surface area contributed by atoms with Crippen LogP contribution in [0.2, 0.25) is 0 Å². The summed E-state index contributed by atoms with van der Waals surface area (Å²) in [5.74, 6) is 0. The van der Waals surface area contributed by atoms with Crippen LogP contribution in [0.4, 0.5) is 10.5 Å². The van der Waals surface area contributed by atoms with Gasteiger partial charge in [0.15, 0.2) is 0 Å². The lowest BCUT2D eigenvalue weighted by Gasteiger charge is -2.27. The second-order valence-corrected chi connectivity index (χ2v) is 5.82. The molecular weight excluding hydrogens is 290 g/mol. The monoisotopic (exact) mass is 311 g/mol. The zero-order valence-corrected chi connectivity index (χ0v) is 12.9. The summed E-state index contributed by atoms with van der Waals surface area (Å²) in [5, 5.41) is 9.91. The maximum atomic E-state index is 10.9. The van der Waals surface area contributed by atoms with Crippen molar-refractivity contribution in [3.63, 3.8) is 0 Å². The number of urea groups is 1. The first-order valence-corrected chi connectivity index (χ1v) is 7.81. The van der Waals surface area contributed by atoms with Crippen LogP contribution in [0.3, 0.4) is 0 Å². The molecular formula is C18H21N3O2. The third-order valence-electron chi connectivity index (χ3n) is 4.29. The Balaban J connectivity index is 1.75. The van der Waals surface area contributed by atoms with Crippen molar-refractivity contribution in [2.24, 2.45) is 5.73 Å². The quantitative estimate of drug-likeness (QED) is 0.672. The number of carbonyl (C=O) groups excluding carboxylic acids is 1. The summed E-state index contributed by atoms with van der Waals surface area (Å²) in [6.07, 6.45) is 2.32. The molecule has 5 nitrogen and oxygen atoms in total. The first kappa shape index (κ1) is 15.4. The largest absolute Gasteiger partial charge is 0.364 e. The summed E-state index contributed by atoms with van der Waals surface area (Å²) in [5.41, 5.74) is 8.36. The van der Waals surface area contributed by atoms with Gasteiger partial charge in [0.1, 0.15) is 0 Å². The molecule has 3 rings (SSSR count). The third-order valence-corrected chi connectivity index (χ3v) is 4.29. The molecule has 2 aromatic rings. The fourth-order valence-corrected chi connectivity index (χ4v) is 3.14. The molecule has 0 aliphatic carbocycles. The van der Waals surface area contributed by atoms with E-state index in [4.69, 9.17) is 5.73 Å². The molecule has 0 bridgehead atoms. The number of hydrogen-bond donors (Lipinski definition) is 2. The van der Waals surface area contributed by atoms with Crippen LogP contribution in [0, 0.1) is 0 Å². The average Bonchev–Trinajstić information content (AvgIpc) is 3.06. The summed E-state index contributed by atoms with van der Waals surface area (Å²) in [4.78, 5) is 13.3. The van der Waals surface area contributed by atoms with Crippen molar-refractivity contribution in [2.45, 2.75) is 25.4 Å². The van der Waals surface area contributed by atoms with E-state index in [-0.39, 0.29) is 6.54 Å². The lowest BCUT2D eigenvalue weighted by Crippen LogP contribution is -2.32. The van der Waals surface area contributed by atoms with Crippen molar-refractivity contribution in [1.29, 1.82) is 0 Å². The van der Waals surface area contributed by atoms with Gasteiger partial charge in [-0.2, -0.15) is 0 Å². The van der Waals surface area contributed by atoms with Gasteiger partial charge < -0.3 is 10.6 Å². The first-order chi connectivity index (χ1) is 11.1. The van der Waals surface area contributed by atoms with Gasteiger partial charge in [-0.3, -0.25) is 5.21 Å². The molecule has 2 amide bonds. The molecule has 3 N–H and O–H groups in total. The second-order valence-electron chi connectivity index (χ2n) is 5.82. The number of hydroxylamine groups is 2. The molecule has 1 aliphatic rings. The predicted molar refractivity (Wildman–Crippen MR) is 89.1 cm³/mol. The van der Waals surface area contributed by atoms with Crippen LogP contribution in [-0.2, 0) is 6.54 Å². The van der Waals surface area contributed by atoms with E-state index >= 15 is 0 Å². The highest BCUT2D eigenvalue weighted by Crippen LogP contribution is 2.36. The van der Waals surface area contributed by atoms with Gasteiger partial charge in [0.25, 0.3) is 0 Å². The Morgan fingerprint density at radius 3 is 2.52 bits per heavy atom. The van der Waals surface area contributed by atoms with Gasteiger partial charge in [-0.05, 0) is 36.1 Å². The number of benzene rings is 2. The smallest absolute Gasteiger partial charge is 0.338 e. The van der Waals surface area contributed by atoms with Gasteiger partial charge in [-0.1, -0.05) is 42.5 Å². The number of rotatable bonds is 4. The Morgan fingerprint density at radius 1 is 1.17 bits per heavy atom. The Labute approximate surface area is 135 Å². The van der Waals surface area contributed by atoms with Crippen LogP contribution in [0.25, 0.3) is 0 Å². The van der Waals surface area contributed by atoms with E-state index in [1.165, 1.54) is 12.0 Å². The maximum absolute atomic E-state index is 10.9. The van der Waals surface area contributed by atoms with Gasteiger partial charge in [-0.15, -0.1) is 0 Å². The molecule has 0 saturated carbocycles. The van der Waals surface area contributed by atoms with E-state index in [1.54, 1.807) is 0 Å². The lowest BCUT2D eigenvalue weighted by molar-refractivity contribution is -0.0470. The highest BCUT2D eigenvalue weighted by molar-refractivity contribution is 5.70. The molecule has 23 heavy (non-hydrogen) atoms. The molecule has 5 heteroatoms. The summed E-state index contributed by atoms with van der Waals surface area (Å²) in [6, 6.07) is 18.0. The Kier molecular flexibility index (Phi) is 4.48. The van der Waals surface area contributed by atoms with Crippen molar-refractivity contribution in [2.75, 3.05) is 11.4 Å². The number of amides is 2. The molecule has 1 unspecified atom stereocenters. The standard InChI is InChI=1S/C18H21N3O2/c19-18(22)21(23)13-14-8-10-16(11-9-14)20-12-4-7-17(20)15-5-2-1-3-6-15/h1-3,5-6,8-11,17,23H,4,7,12-13H2,(H2,19,22). The molecule has 1 aliphatic heterocycles. The zero-order valence-electron chi connectivity index (χ0n) is 12.9. The molecule has 0 spiro atoms. The summed E-state index contributed by atoms with van der Waals surface area (Å²) in [6.45, 7) is 1.13. The Morgan fingerprint density at radius 2 is 1.87 bits per heavy atom. The summed E-state index contributed by atoms with van der Waals surface area (Å²) < 4.78 is 0. The van der Waals surface area contributed by atoms with E-state index in [2.05, 4.69) is 29.2 Å². The van der Waals surface area contributed by atoms with Crippen molar-refractivity contribution >= 4 is 11.7 Å². The molecule has 0 aromatic heterocycles. The van der Waals surface area contributed by atoms with Crippen molar-refractivity contribution in [1.82, 2.24) is 5.06 Å². The van der Waals surface area contributed by atoms with E-state index < -0.39 is 6.03 Å². The van der Waals surface area contributed by atoms with E-state index in [9.17, 15) is 10.0 Å². The molecule has 0 radical (unpaired) electrons. The molecule has 120 valence electrons. The highest BCUT2D eigenvalue weighted by Gasteiger charge is 2.25. The van der Waals surface area contributed by atoms with Gasteiger partial charge in [0, 0.05) is 12.2 Å². The number of nitrogens with two attached hydrogens (primary N) is 1. The van der Waals surface area contributed by atoms with Crippen molar-refractivity contribution < 1.29 is 10.0 Å². The molecule has 1 fully saturated rings. The molecule has 2 aromatic carbocycles. The normalized spacial score (nSPS) is 17.3. The van der Waals surface area contributed by atoms with Gasteiger partial charge in [0.2, 0.25) is 0 Å². The van der Waals surface area contributed by atoms with Gasteiger partial charge >= 0.3 is 6.03 Å². The van der Waals surface area contributed by atoms with Crippen LogP contribution >= 0.6 is 0 Å². The number of anilines is 1. The predicted octanol–water partition coefficient (Wildman–Crippen LogP) is 3.30. The third kappa shape index (κ3) is 3.46. The number of carbonyl (C=O) groups is 1. The van der Waals surface area contributed by atoms with Crippen molar-refractivity contribution in [3.05, 3.63) is 65.7 Å². The van der Waals surface area contributed by atoms with Crippen LogP contribution in [0.1, 0.15) is 30.0 Å². The highest BCUT2D eigenvalue weighted by atomic mass is 16.5. The summed E-state index contributed by atoms with van der Waals surface area (Å²) >= 11 is 0. The topological polar surface area (TPSA) is 69.8 Å². The molecule has 1 heterocycles. The zero-order chi connectivity index (χ0) is 16.2. The minimum absolute atomic E-state index is 0.0950. The Bertz CT molecular complexity index is 658. The maximum Gasteiger partial charge on any atom is 0.338 e. The van der Waals surface area contributed by atoms with E-state index in [0.29, 0.717) is 11.1 Å². The Hall–Kier alpha value is -2.53. The first-order valence-electron chi connectivity index (χ1n) is 7.81. The van der Waals surface area contributed by atoms with E-state index in [0.717, 1.165) is 24.2 Å². The summed E-state index contributed by atoms with van der Waals surface area (Å²) in [7, 11) is 0. The number of primary amides is 1. The number of hydrogen-bond acceptors (Lipinski definition) is 3. The lowest BCUT2D eigenvalue weighted by atomic mass is 10.0. The fraction of sp³-hybridized carbons (Fsp3) is 0.278. The second kappa shape index (κ2) is 6.71. The van der Waals surface area contributed by atoms with Crippen LogP contribution in [-0.4, -0.2) is 22.8 Å². The number of nitrogens with zero attached hydrogens (tertiary/aromatic N) is 2. The van der Waals surface area contributed by atoms with Gasteiger partial charge in [-0.25, -0.2) is 9.86 Å². The fourth-order valence-electron chi connectivity index (χ4n) is 3.14.